The predicted molar refractivity (Wildman–Crippen MR) is 135 cm³/mol. The lowest BCUT2D eigenvalue weighted by molar-refractivity contribution is -0.136. The average Bonchev–Trinajstić information content (AvgIpc) is 3.16. The number of likely N-dealkylation sites (N-methyl/N-ethyl adjacent to an activating group) is 1. The van der Waals surface area contributed by atoms with Gasteiger partial charge in [-0.25, -0.2) is 0 Å². The number of amides is 3. The number of fused-ring (bicyclic) bond motifs is 1. The van der Waals surface area contributed by atoms with Crippen molar-refractivity contribution in [2.45, 2.75) is 76.7 Å². The first-order chi connectivity index (χ1) is 16.9. The molecule has 0 radical (unpaired) electrons. The van der Waals surface area contributed by atoms with E-state index in [2.05, 4.69) is 59.8 Å². The molecule has 7 nitrogen and oxygen atoms in total. The summed E-state index contributed by atoms with van der Waals surface area (Å²) in [6, 6.07) is 14.9. The second-order valence-corrected chi connectivity index (χ2v) is 10.3. The number of piperidine rings is 1. The molecule has 3 atom stereocenters. The van der Waals surface area contributed by atoms with Gasteiger partial charge in [-0.1, -0.05) is 42.7 Å². The number of carbonyl (C=O) groups is 3. The summed E-state index contributed by atoms with van der Waals surface area (Å²) >= 11 is 0. The molecule has 0 bridgehead atoms. The molecule has 2 heterocycles. The third-order valence-corrected chi connectivity index (χ3v) is 7.72. The fourth-order valence-corrected chi connectivity index (χ4v) is 5.78. The van der Waals surface area contributed by atoms with Crippen LogP contribution < -0.4 is 10.6 Å². The number of carbonyl (C=O) groups excluding carboxylic acids is 3. The SMILES string of the molecule is Cc1ccc(CN(C)[C@H]2CCCC[C@@H]2Nc2ccc3c(c2)CN(C2CCC(=O)NC2=O)C3=O)cc1. The predicted octanol–water partition coefficient (Wildman–Crippen LogP) is 3.61. The van der Waals surface area contributed by atoms with E-state index in [1.54, 1.807) is 4.90 Å². The largest absolute Gasteiger partial charge is 0.381 e. The molecule has 2 aromatic carbocycles. The molecular weight excluding hydrogens is 440 g/mol. The Hall–Kier alpha value is -3.19. The van der Waals surface area contributed by atoms with Gasteiger partial charge in [0.05, 0.1) is 0 Å². The molecule has 184 valence electrons. The third kappa shape index (κ3) is 4.96. The van der Waals surface area contributed by atoms with Crippen LogP contribution in [-0.2, 0) is 22.7 Å². The smallest absolute Gasteiger partial charge is 0.255 e. The molecule has 0 aromatic heterocycles. The molecule has 5 rings (SSSR count). The summed E-state index contributed by atoms with van der Waals surface area (Å²) in [7, 11) is 2.21. The van der Waals surface area contributed by atoms with Crippen molar-refractivity contribution in [3.8, 4) is 0 Å². The van der Waals surface area contributed by atoms with Gasteiger partial charge in [-0.3, -0.25) is 24.6 Å². The van der Waals surface area contributed by atoms with E-state index >= 15 is 0 Å². The van der Waals surface area contributed by atoms with Gasteiger partial charge in [0.25, 0.3) is 5.91 Å². The summed E-state index contributed by atoms with van der Waals surface area (Å²) in [5.41, 5.74) is 5.20. The highest BCUT2D eigenvalue weighted by Crippen LogP contribution is 2.31. The van der Waals surface area contributed by atoms with Crippen LogP contribution in [0.5, 0.6) is 0 Å². The number of hydrogen-bond acceptors (Lipinski definition) is 5. The van der Waals surface area contributed by atoms with Crippen molar-refractivity contribution in [3.63, 3.8) is 0 Å². The highest BCUT2D eigenvalue weighted by atomic mass is 16.2. The number of nitrogens with one attached hydrogen (secondary N) is 2. The van der Waals surface area contributed by atoms with Gasteiger partial charge in [0, 0.05) is 42.8 Å². The van der Waals surface area contributed by atoms with Crippen LogP contribution in [-0.4, -0.2) is 52.7 Å². The highest BCUT2D eigenvalue weighted by molar-refractivity contribution is 6.05. The monoisotopic (exact) mass is 474 g/mol. The van der Waals surface area contributed by atoms with Crippen molar-refractivity contribution in [2.24, 2.45) is 0 Å². The van der Waals surface area contributed by atoms with Crippen molar-refractivity contribution >= 4 is 23.4 Å². The molecule has 1 unspecified atom stereocenters. The molecule has 2 N–H and O–H groups in total. The summed E-state index contributed by atoms with van der Waals surface area (Å²) in [4.78, 5) is 40.9. The third-order valence-electron chi connectivity index (χ3n) is 7.72. The zero-order chi connectivity index (χ0) is 24.5. The Morgan fingerprint density at radius 2 is 1.80 bits per heavy atom. The van der Waals surface area contributed by atoms with Gasteiger partial charge in [0.15, 0.2) is 0 Å². The molecular formula is C28H34N4O3. The molecule has 1 saturated heterocycles. The van der Waals surface area contributed by atoms with Crippen LogP contribution in [0.3, 0.4) is 0 Å². The lowest BCUT2D eigenvalue weighted by atomic mass is 9.88. The molecule has 35 heavy (non-hydrogen) atoms. The maximum absolute atomic E-state index is 13.0. The Balaban J connectivity index is 1.27. The summed E-state index contributed by atoms with van der Waals surface area (Å²) in [5, 5.41) is 6.13. The zero-order valence-corrected chi connectivity index (χ0v) is 20.5. The molecule has 2 aromatic rings. The summed E-state index contributed by atoms with van der Waals surface area (Å²) < 4.78 is 0. The van der Waals surface area contributed by atoms with E-state index in [4.69, 9.17) is 0 Å². The number of nitrogens with zero attached hydrogens (tertiary/aromatic N) is 2. The van der Waals surface area contributed by atoms with Gasteiger partial charge in [0.1, 0.15) is 6.04 Å². The van der Waals surface area contributed by atoms with Crippen molar-refractivity contribution in [3.05, 3.63) is 64.7 Å². The van der Waals surface area contributed by atoms with Gasteiger partial charge < -0.3 is 10.2 Å². The Bertz CT molecular complexity index is 1130. The number of benzene rings is 2. The Morgan fingerprint density at radius 1 is 1.03 bits per heavy atom. The number of hydrogen-bond donors (Lipinski definition) is 2. The minimum atomic E-state index is -0.581. The van der Waals surface area contributed by atoms with Gasteiger partial charge in [-0.2, -0.15) is 0 Å². The molecule has 7 heteroatoms. The summed E-state index contributed by atoms with van der Waals surface area (Å²) in [5.74, 6) is -0.770. The number of anilines is 1. The molecule has 1 saturated carbocycles. The van der Waals surface area contributed by atoms with Crippen LogP contribution in [0.4, 0.5) is 5.69 Å². The minimum absolute atomic E-state index is 0.130. The van der Waals surface area contributed by atoms with E-state index < -0.39 is 6.04 Å². The average molecular weight is 475 g/mol. The van der Waals surface area contributed by atoms with Crippen molar-refractivity contribution in [1.82, 2.24) is 15.1 Å². The second-order valence-electron chi connectivity index (χ2n) is 10.3. The van der Waals surface area contributed by atoms with Crippen LogP contribution in [0.1, 0.15) is 65.6 Å². The minimum Gasteiger partial charge on any atom is -0.381 e. The van der Waals surface area contributed by atoms with Crippen molar-refractivity contribution in [2.75, 3.05) is 12.4 Å². The molecule has 1 aliphatic carbocycles. The van der Waals surface area contributed by atoms with Gasteiger partial charge in [0.2, 0.25) is 11.8 Å². The zero-order valence-electron chi connectivity index (χ0n) is 20.5. The maximum atomic E-state index is 13.0. The molecule has 2 aliphatic heterocycles. The lowest BCUT2D eigenvalue weighted by Crippen LogP contribution is -2.52. The van der Waals surface area contributed by atoms with Gasteiger partial charge in [-0.15, -0.1) is 0 Å². The second kappa shape index (κ2) is 9.82. The normalized spacial score (nSPS) is 24.5. The van der Waals surface area contributed by atoms with Crippen LogP contribution in [0.15, 0.2) is 42.5 Å². The van der Waals surface area contributed by atoms with Crippen LogP contribution in [0, 0.1) is 6.92 Å². The fourth-order valence-electron chi connectivity index (χ4n) is 5.78. The van der Waals surface area contributed by atoms with Crippen molar-refractivity contribution in [1.29, 1.82) is 0 Å². The molecule has 3 aliphatic rings. The number of imide groups is 1. The van der Waals surface area contributed by atoms with E-state index in [1.165, 1.54) is 24.0 Å². The number of aryl methyl sites for hydroxylation is 1. The van der Waals surface area contributed by atoms with Crippen LogP contribution in [0.25, 0.3) is 0 Å². The first-order valence-electron chi connectivity index (χ1n) is 12.7. The Morgan fingerprint density at radius 3 is 2.57 bits per heavy atom. The molecule has 3 amide bonds. The van der Waals surface area contributed by atoms with Gasteiger partial charge >= 0.3 is 0 Å². The van der Waals surface area contributed by atoms with Crippen LogP contribution >= 0.6 is 0 Å². The fraction of sp³-hybridized carbons (Fsp3) is 0.464. The van der Waals surface area contributed by atoms with Crippen molar-refractivity contribution < 1.29 is 14.4 Å². The topological polar surface area (TPSA) is 81.8 Å². The highest BCUT2D eigenvalue weighted by Gasteiger charge is 2.39. The lowest BCUT2D eigenvalue weighted by Gasteiger charge is -2.39. The van der Waals surface area contributed by atoms with E-state index in [0.717, 1.165) is 30.6 Å². The van der Waals surface area contributed by atoms with E-state index in [0.29, 0.717) is 30.6 Å². The van der Waals surface area contributed by atoms with Gasteiger partial charge in [-0.05, 0) is 62.6 Å². The molecule has 2 fully saturated rings. The van der Waals surface area contributed by atoms with E-state index in [1.807, 2.05) is 12.1 Å². The quantitative estimate of drug-likeness (QED) is 0.625. The van der Waals surface area contributed by atoms with Crippen LogP contribution in [0.2, 0.25) is 0 Å². The maximum Gasteiger partial charge on any atom is 0.255 e. The van der Waals surface area contributed by atoms with E-state index in [-0.39, 0.29) is 24.1 Å². The summed E-state index contributed by atoms with van der Waals surface area (Å²) in [6.45, 7) is 3.43. The van der Waals surface area contributed by atoms with E-state index in [9.17, 15) is 14.4 Å². The first-order valence-corrected chi connectivity index (χ1v) is 12.7. The Labute approximate surface area is 206 Å². The Kier molecular flexibility index (Phi) is 6.60. The number of rotatable bonds is 6. The standard InChI is InChI=1S/C28H34N4O3/c1-18-7-9-19(10-8-18)16-31(2)24-6-4-3-5-23(24)29-21-11-12-22-20(15-21)17-32(28(22)35)25-13-14-26(33)30-27(25)34/h7-12,15,23-25,29H,3-6,13-14,16-17H2,1-2H3,(H,30,33,34)/t23-,24-,25?/m0/s1. The summed E-state index contributed by atoms with van der Waals surface area (Å²) in [6.07, 6.45) is 5.36. The molecule has 0 spiro atoms. The first kappa shape index (κ1) is 23.5.